The number of carbonyl (C=O) groups excluding carboxylic acids is 2. The van der Waals surface area contributed by atoms with Gasteiger partial charge in [0.05, 0.1) is 6.04 Å². The van der Waals surface area contributed by atoms with Crippen LogP contribution in [0.5, 0.6) is 0 Å². The summed E-state index contributed by atoms with van der Waals surface area (Å²) in [5, 5.41) is 9.80. The molecule has 0 radical (unpaired) electrons. The van der Waals surface area contributed by atoms with E-state index < -0.39 is 6.04 Å². The number of hydrogen-bond donors (Lipinski definition) is 2. The number of piperazine rings is 1. The minimum atomic E-state index is -0.606. The van der Waals surface area contributed by atoms with Gasteiger partial charge in [0.25, 0.3) is 0 Å². The van der Waals surface area contributed by atoms with Crippen LogP contribution in [0, 0.1) is 12.8 Å². The summed E-state index contributed by atoms with van der Waals surface area (Å²) in [7, 11) is 0. The van der Waals surface area contributed by atoms with Crippen LogP contribution in [0.2, 0.25) is 0 Å². The van der Waals surface area contributed by atoms with E-state index in [4.69, 9.17) is 4.52 Å². The molecule has 36 heavy (non-hydrogen) atoms. The Hall–Kier alpha value is -3.72. The Morgan fingerprint density at radius 2 is 1.61 bits per heavy atom. The first-order chi connectivity index (χ1) is 17.3. The molecule has 2 unspecified atom stereocenters. The molecule has 2 N–H and O–H groups in total. The molecule has 3 aromatic rings. The van der Waals surface area contributed by atoms with Crippen molar-refractivity contribution < 1.29 is 14.1 Å². The number of urea groups is 1. The fourth-order valence-corrected chi connectivity index (χ4v) is 4.25. The standard InChI is InChI=1S/C27H34N6O3/c1-18(2)23(29-27(35)28-22-8-6-5-7-9-22)26(34)33-16-14-32(15-17-33)20(4)25-30-24(31-36-25)21-12-10-19(3)11-13-21/h5-13,18,20,23H,14-17H2,1-4H3,(H2,28,29,35). The van der Waals surface area contributed by atoms with E-state index in [0.717, 1.165) is 5.56 Å². The van der Waals surface area contributed by atoms with E-state index in [2.05, 4.69) is 25.7 Å². The van der Waals surface area contributed by atoms with Crippen LogP contribution < -0.4 is 10.6 Å². The summed E-state index contributed by atoms with van der Waals surface area (Å²) in [6, 6.07) is 16.1. The lowest BCUT2D eigenvalue weighted by molar-refractivity contribution is -0.136. The fraction of sp³-hybridized carbons (Fsp3) is 0.407. The topological polar surface area (TPSA) is 104 Å². The quantitative estimate of drug-likeness (QED) is 0.517. The number of benzene rings is 2. The van der Waals surface area contributed by atoms with Gasteiger partial charge in [0.2, 0.25) is 17.6 Å². The Bertz CT molecular complexity index is 1150. The van der Waals surface area contributed by atoms with Gasteiger partial charge in [0.15, 0.2) is 0 Å². The summed E-state index contributed by atoms with van der Waals surface area (Å²) in [5.41, 5.74) is 2.77. The molecule has 1 aliphatic rings. The van der Waals surface area contributed by atoms with Crippen molar-refractivity contribution in [3.63, 3.8) is 0 Å². The van der Waals surface area contributed by atoms with Gasteiger partial charge in [-0.1, -0.05) is 67.0 Å². The van der Waals surface area contributed by atoms with E-state index in [1.807, 2.05) is 75.1 Å². The maximum absolute atomic E-state index is 13.3. The van der Waals surface area contributed by atoms with Crippen molar-refractivity contribution in [2.24, 2.45) is 5.92 Å². The van der Waals surface area contributed by atoms with Crippen LogP contribution in [-0.2, 0) is 4.79 Å². The lowest BCUT2D eigenvalue weighted by Gasteiger charge is -2.38. The number of hydrogen-bond acceptors (Lipinski definition) is 6. The van der Waals surface area contributed by atoms with Gasteiger partial charge in [0.1, 0.15) is 6.04 Å². The number of para-hydroxylation sites is 1. The minimum absolute atomic E-state index is 0.0467. The Kier molecular flexibility index (Phi) is 8.00. The summed E-state index contributed by atoms with van der Waals surface area (Å²) in [6.07, 6.45) is 0. The highest BCUT2D eigenvalue weighted by atomic mass is 16.5. The number of nitrogens with zero attached hydrogens (tertiary/aromatic N) is 4. The average molecular weight is 491 g/mol. The number of nitrogens with one attached hydrogen (secondary N) is 2. The number of aromatic nitrogens is 2. The Morgan fingerprint density at radius 1 is 0.944 bits per heavy atom. The van der Waals surface area contributed by atoms with Gasteiger partial charge in [-0.05, 0) is 31.9 Å². The van der Waals surface area contributed by atoms with Crippen molar-refractivity contribution in [1.29, 1.82) is 0 Å². The molecule has 190 valence electrons. The largest absolute Gasteiger partial charge is 0.338 e. The summed E-state index contributed by atoms with van der Waals surface area (Å²) in [5.74, 6) is 1.02. The second-order valence-corrected chi connectivity index (χ2v) is 9.55. The van der Waals surface area contributed by atoms with Crippen LogP contribution in [0.1, 0.15) is 38.3 Å². The monoisotopic (exact) mass is 490 g/mol. The van der Waals surface area contributed by atoms with Gasteiger partial charge in [-0.3, -0.25) is 9.69 Å². The zero-order chi connectivity index (χ0) is 25.7. The third-order valence-corrected chi connectivity index (χ3v) is 6.53. The number of rotatable bonds is 7. The van der Waals surface area contributed by atoms with Crippen molar-refractivity contribution >= 4 is 17.6 Å². The highest BCUT2D eigenvalue weighted by Gasteiger charge is 2.33. The van der Waals surface area contributed by atoms with E-state index in [1.54, 1.807) is 12.1 Å². The smallest absolute Gasteiger partial charge is 0.319 e. The minimum Gasteiger partial charge on any atom is -0.338 e. The molecule has 1 aromatic heterocycles. The van der Waals surface area contributed by atoms with Crippen LogP contribution >= 0.6 is 0 Å². The van der Waals surface area contributed by atoms with Crippen molar-refractivity contribution in [3.8, 4) is 11.4 Å². The van der Waals surface area contributed by atoms with Crippen LogP contribution in [-0.4, -0.2) is 64.1 Å². The Balaban J connectivity index is 1.32. The van der Waals surface area contributed by atoms with Gasteiger partial charge in [-0.15, -0.1) is 0 Å². The van der Waals surface area contributed by atoms with Crippen molar-refractivity contribution in [2.45, 2.75) is 39.8 Å². The molecule has 1 fully saturated rings. The summed E-state index contributed by atoms with van der Waals surface area (Å²) in [4.78, 5) is 34.4. The zero-order valence-electron chi connectivity index (χ0n) is 21.3. The van der Waals surface area contributed by atoms with E-state index in [-0.39, 0.29) is 23.9 Å². The van der Waals surface area contributed by atoms with Gasteiger partial charge < -0.3 is 20.1 Å². The average Bonchev–Trinajstić information content (AvgIpc) is 3.38. The highest BCUT2D eigenvalue weighted by Crippen LogP contribution is 2.24. The van der Waals surface area contributed by atoms with E-state index >= 15 is 0 Å². The highest BCUT2D eigenvalue weighted by molar-refractivity contribution is 5.93. The number of carbonyl (C=O) groups is 2. The van der Waals surface area contributed by atoms with Gasteiger partial charge >= 0.3 is 6.03 Å². The maximum atomic E-state index is 13.3. The van der Waals surface area contributed by atoms with Gasteiger partial charge in [-0.2, -0.15) is 4.98 Å². The molecule has 4 rings (SSSR count). The lowest BCUT2D eigenvalue weighted by atomic mass is 10.0. The van der Waals surface area contributed by atoms with Crippen LogP contribution in [0.25, 0.3) is 11.4 Å². The summed E-state index contributed by atoms with van der Waals surface area (Å²) < 4.78 is 5.56. The predicted molar refractivity (Wildman–Crippen MR) is 138 cm³/mol. The molecular weight excluding hydrogens is 456 g/mol. The van der Waals surface area contributed by atoms with Gasteiger partial charge in [0, 0.05) is 37.4 Å². The molecule has 9 nitrogen and oxygen atoms in total. The molecular formula is C27H34N6O3. The second-order valence-electron chi connectivity index (χ2n) is 9.55. The molecule has 1 aliphatic heterocycles. The molecule has 0 spiro atoms. The summed E-state index contributed by atoms with van der Waals surface area (Å²) >= 11 is 0. The lowest BCUT2D eigenvalue weighted by Crippen LogP contribution is -2.57. The van der Waals surface area contributed by atoms with Gasteiger partial charge in [-0.25, -0.2) is 4.79 Å². The zero-order valence-corrected chi connectivity index (χ0v) is 21.3. The molecule has 0 saturated carbocycles. The fourth-order valence-electron chi connectivity index (χ4n) is 4.25. The number of aryl methyl sites for hydroxylation is 1. The van der Waals surface area contributed by atoms with Crippen LogP contribution in [0.3, 0.4) is 0 Å². The SMILES string of the molecule is Cc1ccc(-c2noc(C(C)N3CCN(C(=O)C(NC(=O)Nc4ccccc4)C(C)C)CC3)n2)cc1. The molecule has 1 saturated heterocycles. The van der Waals surface area contributed by atoms with Crippen LogP contribution in [0.4, 0.5) is 10.5 Å². The molecule has 2 atom stereocenters. The number of amides is 3. The van der Waals surface area contributed by atoms with Crippen LogP contribution in [0.15, 0.2) is 59.1 Å². The van der Waals surface area contributed by atoms with E-state index in [1.165, 1.54) is 5.56 Å². The molecule has 3 amide bonds. The van der Waals surface area contributed by atoms with Crippen molar-refractivity contribution in [1.82, 2.24) is 25.3 Å². The third kappa shape index (κ3) is 6.09. The predicted octanol–water partition coefficient (Wildman–Crippen LogP) is 4.10. The molecule has 2 heterocycles. The van der Waals surface area contributed by atoms with Crippen molar-refractivity contribution in [2.75, 3.05) is 31.5 Å². The normalized spacial score (nSPS) is 16.0. The Labute approximate surface area is 211 Å². The summed E-state index contributed by atoms with van der Waals surface area (Å²) in [6.45, 7) is 10.4. The molecule has 9 heteroatoms. The first-order valence-corrected chi connectivity index (χ1v) is 12.4. The van der Waals surface area contributed by atoms with E-state index in [0.29, 0.717) is 43.6 Å². The van der Waals surface area contributed by atoms with E-state index in [9.17, 15) is 9.59 Å². The Morgan fingerprint density at radius 3 is 2.25 bits per heavy atom. The van der Waals surface area contributed by atoms with Crippen molar-refractivity contribution in [3.05, 3.63) is 66.1 Å². The third-order valence-electron chi connectivity index (χ3n) is 6.53. The first kappa shape index (κ1) is 25.4. The molecule has 0 bridgehead atoms. The molecule has 2 aromatic carbocycles. The second kappa shape index (κ2) is 11.3. The first-order valence-electron chi connectivity index (χ1n) is 12.4. The molecule has 0 aliphatic carbocycles. The number of anilines is 1. The maximum Gasteiger partial charge on any atom is 0.319 e.